The highest BCUT2D eigenvalue weighted by molar-refractivity contribution is 6.35. The number of benzene rings is 1. The van der Waals surface area contributed by atoms with Gasteiger partial charge in [-0.3, -0.25) is 4.79 Å². The highest BCUT2D eigenvalue weighted by Gasteiger charge is 2.09. The molecular weight excluding hydrogens is 333 g/mol. The molecule has 0 aliphatic rings. The second-order valence-electron chi connectivity index (χ2n) is 5.46. The van der Waals surface area contributed by atoms with E-state index < -0.39 is 0 Å². The van der Waals surface area contributed by atoms with E-state index in [-0.39, 0.29) is 5.91 Å². The van der Waals surface area contributed by atoms with Gasteiger partial charge in [0.15, 0.2) is 12.4 Å². The van der Waals surface area contributed by atoms with Crippen LogP contribution in [0.15, 0.2) is 42.7 Å². The molecule has 1 aromatic carbocycles. The molecule has 0 fully saturated rings. The van der Waals surface area contributed by atoms with Crippen LogP contribution in [0, 0.1) is 0 Å². The van der Waals surface area contributed by atoms with Crippen LogP contribution in [0.2, 0.25) is 10.0 Å². The normalized spacial score (nSPS) is 10.4. The van der Waals surface area contributed by atoms with Crippen LogP contribution in [0.1, 0.15) is 5.56 Å². The van der Waals surface area contributed by atoms with E-state index >= 15 is 0 Å². The van der Waals surface area contributed by atoms with Crippen LogP contribution in [0.25, 0.3) is 0 Å². The first-order valence-corrected chi connectivity index (χ1v) is 8.08. The van der Waals surface area contributed by atoms with Crippen molar-refractivity contribution in [2.45, 2.75) is 13.0 Å². The average Bonchev–Trinajstić information content (AvgIpc) is 2.50. The number of pyridine rings is 1. The predicted octanol–water partition coefficient (Wildman–Crippen LogP) is 2.71. The van der Waals surface area contributed by atoms with E-state index in [1.54, 1.807) is 12.1 Å². The number of halogens is 2. The summed E-state index contributed by atoms with van der Waals surface area (Å²) >= 11 is 12.0. The lowest BCUT2D eigenvalue weighted by atomic mass is 10.1. The van der Waals surface area contributed by atoms with Gasteiger partial charge in [0.2, 0.25) is 6.54 Å². The van der Waals surface area contributed by atoms with Crippen LogP contribution in [-0.4, -0.2) is 26.5 Å². The van der Waals surface area contributed by atoms with Crippen molar-refractivity contribution in [2.75, 3.05) is 25.5 Å². The van der Waals surface area contributed by atoms with Gasteiger partial charge in [-0.1, -0.05) is 29.3 Å². The number of carbonyl (C=O) groups excluding carboxylic acids is 1. The van der Waals surface area contributed by atoms with Gasteiger partial charge >= 0.3 is 0 Å². The van der Waals surface area contributed by atoms with E-state index in [0.29, 0.717) is 29.6 Å². The minimum atomic E-state index is -0.0299. The van der Waals surface area contributed by atoms with E-state index in [9.17, 15) is 4.79 Å². The highest BCUT2D eigenvalue weighted by Crippen LogP contribution is 2.20. The molecule has 0 saturated heterocycles. The number of rotatable bonds is 6. The molecule has 0 spiro atoms. The minimum absolute atomic E-state index is 0.0299. The summed E-state index contributed by atoms with van der Waals surface area (Å²) < 4.78 is 1.84. The largest absolute Gasteiger partial charge is 0.377 e. The number of hydrogen-bond donors (Lipinski definition) is 1. The summed E-state index contributed by atoms with van der Waals surface area (Å²) in [6.45, 7) is 0.832. The molecule has 2 aromatic rings. The third-order valence-corrected chi connectivity index (χ3v) is 4.03. The zero-order chi connectivity index (χ0) is 16.8. The molecule has 0 bridgehead atoms. The van der Waals surface area contributed by atoms with Crippen molar-refractivity contribution in [1.29, 1.82) is 0 Å². The molecule has 23 heavy (non-hydrogen) atoms. The molecule has 0 radical (unpaired) electrons. The highest BCUT2D eigenvalue weighted by atomic mass is 35.5. The Balaban J connectivity index is 1.80. The summed E-state index contributed by atoms with van der Waals surface area (Å²) in [5.41, 5.74) is 2.07. The lowest BCUT2D eigenvalue weighted by Crippen LogP contribution is -2.42. The molecule has 4 nitrogen and oxygen atoms in total. The number of hydrogen-bond acceptors (Lipinski definition) is 2. The number of nitrogens with one attached hydrogen (secondary N) is 1. The van der Waals surface area contributed by atoms with Crippen molar-refractivity contribution in [2.24, 2.45) is 0 Å². The summed E-state index contributed by atoms with van der Waals surface area (Å²) in [4.78, 5) is 14.0. The first-order chi connectivity index (χ1) is 11.0. The van der Waals surface area contributed by atoms with E-state index in [1.165, 1.54) is 0 Å². The Hall–Kier alpha value is -1.78. The number of nitrogens with zero attached hydrogens (tertiary/aromatic N) is 2. The summed E-state index contributed by atoms with van der Waals surface area (Å²) in [5, 5.41) is 4.13. The van der Waals surface area contributed by atoms with E-state index in [1.807, 2.05) is 54.2 Å². The van der Waals surface area contributed by atoms with Gasteiger partial charge < -0.3 is 10.2 Å². The van der Waals surface area contributed by atoms with Gasteiger partial charge in [-0.15, -0.1) is 0 Å². The molecule has 0 saturated carbocycles. The quantitative estimate of drug-likeness (QED) is 0.811. The van der Waals surface area contributed by atoms with Crippen molar-refractivity contribution in [3.05, 3.63) is 58.3 Å². The van der Waals surface area contributed by atoms with Gasteiger partial charge in [-0.25, -0.2) is 0 Å². The molecule has 0 aliphatic heterocycles. The van der Waals surface area contributed by atoms with Crippen molar-refractivity contribution in [3.63, 3.8) is 0 Å². The smallest absolute Gasteiger partial charge is 0.285 e. The summed E-state index contributed by atoms with van der Waals surface area (Å²) in [7, 11) is 3.96. The number of amides is 1. The summed E-state index contributed by atoms with van der Waals surface area (Å²) in [5.74, 6) is -0.0299. The fourth-order valence-corrected chi connectivity index (χ4v) is 2.64. The van der Waals surface area contributed by atoms with Crippen LogP contribution in [0.3, 0.4) is 0 Å². The molecule has 2 rings (SSSR count). The lowest BCUT2D eigenvalue weighted by molar-refractivity contribution is -0.684. The molecule has 0 atom stereocenters. The van der Waals surface area contributed by atoms with Gasteiger partial charge in [-0.05, 0) is 24.1 Å². The van der Waals surface area contributed by atoms with Gasteiger partial charge in [0.25, 0.3) is 5.91 Å². The van der Waals surface area contributed by atoms with Crippen LogP contribution < -0.4 is 14.8 Å². The first-order valence-electron chi connectivity index (χ1n) is 7.33. The molecule has 1 N–H and O–H groups in total. The molecule has 6 heteroatoms. The fraction of sp³-hybridized carbons (Fsp3) is 0.294. The van der Waals surface area contributed by atoms with Gasteiger partial charge in [0, 0.05) is 48.5 Å². The SMILES string of the molecule is CN(C)c1cc[n+](CC(=O)NCCc2ccc(Cl)cc2Cl)cc1. The lowest BCUT2D eigenvalue weighted by Gasteiger charge is -2.10. The zero-order valence-electron chi connectivity index (χ0n) is 13.2. The van der Waals surface area contributed by atoms with E-state index in [0.717, 1.165) is 11.3 Å². The second-order valence-corrected chi connectivity index (χ2v) is 6.30. The third kappa shape index (κ3) is 5.41. The van der Waals surface area contributed by atoms with Crippen LogP contribution in [0.5, 0.6) is 0 Å². The second kappa shape index (κ2) is 8.18. The maximum atomic E-state index is 12.0. The fourth-order valence-electron chi connectivity index (χ4n) is 2.14. The maximum absolute atomic E-state index is 12.0. The molecule has 122 valence electrons. The van der Waals surface area contributed by atoms with E-state index in [2.05, 4.69) is 5.32 Å². The number of anilines is 1. The van der Waals surface area contributed by atoms with Gasteiger partial charge in [0.1, 0.15) is 0 Å². The monoisotopic (exact) mass is 352 g/mol. The maximum Gasteiger partial charge on any atom is 0.285 e. The van der Waals surface area contributed by atoms with Gasteiger partial charge in [0.05, 0.1) is 0 Å². The Bertz CT molecular complexity index is 672. The molecule has 1 aromatic heterocycles. The van der Waals surface area contributed by atoms with Crippen LogP contribution in [0.4, 0.5) is 5.69 Å². The Labute approximate surface area is 146 Å². The standard InChI is InChI=1S/C17H19Cl2N3O/c1-21(2)15-6-9-22(10-7-15)12-17(23)20-8-5-13-3-4-14(18)11-16(13)19/h3-4,6-7,9-11H,5,8,12H2,1-2H3/p+1. The number of carbonyl (C=O) groups is 1. The zero-order valence-corrected chi connectivity index (χ0v) is 14.7. The topological polar surface area (TPSA) is 36.2 Å². The molecule has 0 unspecified atom stereocenters. The van der Waals surface area contributed by atoms with Crippen molar-refractivity contribution in [3.8, 4) is 0 Å². The van der Waals surface area contributed by atoms with Crippen molar-refractivity contribution in [1.82, 2.24) is 5.32 Å². The average molecular weight is 353 g/mol. The van der Waals surface area contributed by atoms with Crippen molar-refractivity contribution < 1.29 is 9.36 Å². The summed E-state index contributed by atoms with van der Waals surface area (Å²) in [6, 6.07) is 9.34. The predicted molar refractivity (Wildman–Crippen MR) is 94.1 cm³/mol. The minimum Gasteiger partial charge on any atom is -0.377 e. The Kier molecular flexibility index (Phi) is 6.25. The number of aromatic nitrogens is 1. The Morgan fingerprint density at radius 3 is 2.48 bits per heavy atom. The van der Waals surface area contributed by atoms with E-state index in [4.69, 9.17) is 23.2 Å². The molecule has 1 amide bonds. The molecule has 1 heterocycles. The van der Waals surface area contributed by atoms with Crippen LogP contribution >= 0.6 is 23.2 Å². The first kappa shape index (κ1) is 17.6. The summed E-state index contributed by atoms with van der Waals surface area (Å²) in [6.07, 6.45) is 4.46. The van der Waals surface area contributed by atoms with Gasteiger partial charge in [-0.2, -0.15) is 4.57 Å². The Morgan fingerprint density at radius 1 is 1.17 bits per heavy atom. The third-order valence-electron chi connectivity index (χ3n) is 3.45. The van der Waals surface area contributed by atoms with Crippen LogP contribution in [-0.2, 0) is 17.8 Å². The Morgan fingerprint density at radius 2 is 1.87 bits per heavy atom. The molecule has 0 aliphatic carbocycles. The molecular formula is C17H20Cl2N3O+. The van der Waals surface area contributed by atoms with Crippen molar-refractivity contribution >= 4 is 34.8 Å².